The van der Waals surface area contributed by atoms with Crippen molar-refractivity contribution >= 4 is 29.2 Å². The van der Waals surface area contributed by atoms with Gasteiger partial charge < -0.3 is 10.0 Å². The molecule has 9 heteroatoms. The second kappa shape index (κ2) is 4.96. The average molecular weight is 279 g/mol. The van der Waals surface area contributed by atoms with E-state index in [1.54, 1.807) is 0 Å². The second-order valence-electron chi connectivity index (χ2n) is 4.06. The predicted molar refractivity (Wildman–Crippen MR) is 65.4 cm³/mol. The number of carbonyl (C=O) groups excluding carboxylic acids is 2. The zero-order chi connectivity index (χ0) is 14.9. The van der Waals surface area contributed by atoms with Crippen LogP contribution in [0.25, 0.3) is 0 Å². The van der Waals surface area contributed by atoms with Gasteiger partial charge >= 0.3 is 5.97 Å². The van der Waals surface area contributed by atoms with Crippen molar-refractivity contribution < 1.29 is 24.4 Å². The number of nitrogens with zero attached hydrogens (tertiary/aromatic N) is 2. The number of nitro benzene ring substituents is 1. The lowest BCUT2D eigenvalue weighted by molar-refractivity contribution is -0.384. The highest BCUT2D eigenvalue weighted by Gasteiger charge is 2.31. The molecule has 2 amide bonds. The van der Waals surface area contributed by atoms with Crippen molar-refractivity contribution in [2.24, 2.45) is 0 Å². The van der Waals surface area contributed by atoms with Crippen molar-refractivity contribution in [1.29, 1.82) is 0 Å². The van der Waals surface area contributed by atoms with Crippen molar-refractivity contribution in [3.8, 4) is 0 Å². The van der Waals surface area contributed by atoms with Crippen LogP contribution >= 0.6 is 0 Å². The first-order valence-electron chi connectivity index (χ1n) is 5.48. The summed E-state index contributed by atoms with van der Waals surface area (Å²) in [5, 5.41) is 22.1. The number of carboxylic acid groups (broad SMARTS) is 1. The molecule has 0 radical (unpaired) electrons. The Morgan fingerprint density at radius 2 is 1.90 bits per heavy atom. The summed E-state index contributed by atoms with van der Waals surface area (Å²) in [7, 11) is 0. The maximum Gasteiger partial charge on any atom is 0.338 e. The maximum absolute atomic E-state index is 11.3. The quantitative estimate of drug-likeness (QED) is 0.443. The van der Waals surface area contributed by atoms with Crippen molar-refractivity contribution in [1.82, 2.24) is 5.32 Å². The predicted octanol–water partition coefficient (Wildman–Crippen LogP) is -0.244. The normalized spacial score (nSPS) is 14.9. The molecule has 104 valence electrons. The summed E-state index contributed by atoms with van der Waals surface area (Å²) >= 11 is 0. The van der Waals surface area contributed by atoms with Gasteiger partial charge in [-0.2, -0.15) is 0 Å². The van der Waals surface area contributed by atoms with Gasteiger partial charge in [-0.25, -0.2) is 4.79 Å². The first-order chi connectivity index (χ1) is 9.40. The molecule has 9 nitrogen and oxygen atoms in total. The van der Waals surface area contributed by atoms with Crippen LogP contribution in [0.3, 0.4) is 0 Å². The van der Waals surface area contributed by atoms with E-state index in [9.17, 15) is 24.5 Å². The van der Waals surface area contributed by atoms with Gasteiger partial charge in [0.1, 0.15) is 5.69 Å². The summed E-state index contributed by atoms with van der Waals surface area (Å²) in [4.78, 5) is 45.2. The Morgan fingerprint density at radius 1 is 1.30 bits per heavy atom. The molecule has 20 heavy (non-hydrogen) atoms. The molecule has 1 aromatic carbocycles. The standard InChI is InChI=1S/C11H9N3O6/c15-8-4-13(5-9(16)12-8)10-6(11(17)18)2-1-3-7(10)14(19)20/h1-3H,4-5H2,(H,17,18)(H,12,15,16). The number of aromatic carboxylic acids is 1. The molecule has 0 aromatic heterocycles. The fourth-order valence-electron chi connectivity index (χ4n) is 1.98. The summed E-state index contributed by atoms with van der Waals surface area (Å²) in [6, 6.07) is 3.54. The molecule has 0 bridgehead atoms. The number of nitrogens with one attached hydrogen (secondary N) is 1. The number of hydrogen-bond acceptors (Lipinski definition) is 6. The van der Waals surface area contributed by atoms with E-state index in [-0.39, 0.29) is 24.3 Å². The minimum atomic E-state index is -1.37. The fourth-order valence-corrected chi connectivity index (χ4v) is 1.98. The number of carbonyl (C=O) groups is 3. The lowest BCUT2D eigenvalue weighted by Crippen LogP contribution is -2.52. The fraction of sp³-hybridized carbons (Fsp3) is 0.182. The third-order valence-corrected chi connectivity index (χ3v) is 2.71. The molecular weight excluding hydrogens is 270 g/mol. The highest BCUT2D eigenvalue weighted by Crippen LogP contribution is 2.32. The number of rotatable bonds is 3. The van der Waals surface area contributed by atoms with E-state index in [1.807, 2.05) is 5.32 Å². The molecule has 0 unspecified atom stereocenters. The van der Waals surface area contributed by atoms with Crippen LogP contribution in [0.2, 0.25) is 0 Å². The monoisotopic (exact) mass is 279 g/mol. The van der Waals surface area contributed by atoms with Gasteiger partial charge in [0, 0.05) is 6.07 Å². The summed E-state index contributed by atoms with van der Waals surface area (Å²) in [6.45, 7) is -0.645. The smallest absolute Gasteiger partial charge is 0.338 e. The third-order valence-electron chi connectivity index (χ3n) is 2.71. The minimum Gasteiger partial charge on any atom is -0.478 e. The van der Waals surface area contributed by atoms with Gasteiger partial charge in [0.15, 0.2) is 0 Å². The maximum atomic E-state index is 11.3. The zero-order valence-electron chi connectivity index (χ0n) is 10.0. The number of amides is 2. The highest BCUT2D eigenvalue weighted by molar-refractivity contribution is 6.05. The number of benzene rings is 1. The van der Waals surface area contributed by atoms with Crippen LogP contribution in [0.15, 0.2) is 18.2 Å². The first kappa shape index (κ1) is 13.5. The topological polar surface area (TPSA) is 130 Å². The molecule has 2 N–H and O–H groups in total. The lowest BCUT2D eigenvalue weighted by atomic mass is 10.1. The number of para-hydroxylation sites is 1. The molecule has 1 saturated heterocycles. The summed E-state index contributed by atoms with van der Waals surface area (Å²) in [6.07, 6.45) is 0. The van der Waals surface area contributed by atoms with Gasteiger partial charge in [-0.1, -0.05) is 6.07 Å². The van der Waals surface area contributed by atoms with E-state index < -0.39 is 28.4 Å². The van der Waals surface area contributed by atoms with E-state index in [0.717, 1.165) is 11.0 Å². The lowest BCUT2D eigenvalue weighted by Gasteiger charge is -2.27. The number of nitro groups is 1. The van der Waals surface area contributed by atoms with Crippen LogP contribution < -0.4 is 10.2 Å². The Hall–Kier alpha value is -2.97. The van der Waals surface area contributed by atoms with Crippen LogP contribution in [0, 0.1) is 10.1 Å². The van der Waals surface area contributed by atoms with Gasteiger partial charge in [0.25, 0.3) is 5.69 Å². The van der Waals surface area contributed by atoms with Crippen LogP contribution in [0.4, 0.5) is 11.4 Å². The molecular formula is C11H9N3O6. The molecule has 1 fully saturated rings. The Bertz CT molecular complexity index is 578. The Kier molecular flexibility index (Phi) is 3.34. The van der Waals surface area contributed by atoms with Crippen molar-refractivity contribution in [3.63, 3.8) is 0 Å². The van der Waals surface area contributed by atoms with E-state index in [0.29, 0.717) is 0 Å². The molecule has 1 aliphatic heterocycles. The number of hydrogen-bond donors (Lipinski definition) is 2. The van der Waals surface area contributed by atoms with Gasteiger partial charge in [-0.15, -0.1) is 0 Å². The van der Waals surface area contributed by atoms with Gasteiger partial charge in [-0.3, -0.25) is 25.0 Å². The number of piperazine rings is 1. The SMILES string of the molecule is O=C1CN(c2c(C(=O)O)cccc2[N+](=O)[O-])CC(=O)N1. The van der Waals surface area contributed by atoms with E-state index in [4.69, 9.17) is 5.11 Å². The van der Waals surface area contributed by atoms with Gasteiger partial charge in [-0.05, 0) is 6.07 Å². The Balaban J connectivity index is 2.58. The minimum absolute atomic E-state index is 0.242. The summed E-state index contributed by atoms with van der Waals surface area (Å²) in [5.41, 5.74) is -1.04. The molecule has 0 spiro atoms. The van der Waals surface area contributed by atoms with Crippen molar-refractivity contribution in [2.75, 3.05) is 18.0 Å². The molecule has 0 saturated carbocycles. The largest absolute Gasteiger partial charge is 0.478 e. The van der Waals surface area contributed by atoms with E-state index in [1.165, 1.54) is 12.1 Å². The van der Waals surface area contributed by atoms with Gasteiger partial charge in [0.2, 0.25) is 11.8 Å². The summed E-state index contributed by atoms with van der Waals surface area (Å²) in [5.74, 6) is -2.66. The van der Waals surface area contributed by atoms with Gasteiger partial charge in [0.05, 0.1) is 23.6 Å². The van der Waals surface area contributed by atoms with Crippen LogP contribution in [0.1, 0.15) is 10.4 Å². The molecule has 1 aromatic rings. The van der Waals surface area contributed by atoms with Crippen LogP contribution in [-0.2, 0) is 9.59 Å². The summed E-state index contributed by atoms with van der Waals surface area (Å²) < 4.78 is 0. The number of imide groups is 1. The van der Waals surface area contributed by atoms with E-state index >= 15 is 0 Å². The molecule has 2 rings (SSSR count). The molecule has 0 aliphatic carbocycles. The van der Waals surface area contributed by atoms with Crippen molar-refractivity contribution in [3.05, 3.63) is 33.9 Å². The molecule has 1 heterocycles. The average Bonchev–Trinajstić information content (AvgIpc) is 2.36. The van der Waals surface area contributed by atoms with Crippen molar-refractivity contribution in [2.45, 2.75) is 0 Å². The second-order valence-corrected chi connectivity index (χ2v) is 4.06. The molecule has 1 aliphatic rings. The number of carboxylic acids is 1. The van der Waals surface area contributed by atoms with Crippen LogP contribution in [-0.4, -0.2) is 40.9 Å². The zero-order valence-corrected chi connectivity index (χ0v) is 10.0. The molecule has 0 atom stereocenters. The first-order valence-corrected chi connectivity index (χ1v) is 5.48. The van der Waals surface area contributed by atoms with E-state index in [2.05, 4.69) is 0 Å². The number of anilines is 1. The third kappa shape index (κ3) is 2.41. The Labute approximate surface area is 111 Å². The Morgan fingerprint density at radius 3 is 2.40 bits per heavy atom. The van der Waals surface area contributed by atoms with Crippen LogP contribution in [0.5, 0.6) is 0 Å². The highest BCUT2D eigenvalue weighted by atomic mass is 16.6.